The molecule has 0 aliphatic carbocycles. The average Bonchev–Trinajstić information content (AvgIpc) is 3.37. The summed E-state index contributed by atoms with van der Waals surface area (Å²) in [5.41, 5.74) is 7.17. The zero-order valence-electron chi connectivity index (χ0n) is 18.4. The first kappa shape index (κ1) is 25.5. The molecule has 2 aromatic rings. The molecule has 1 unspecified atom stereocenters. The van der Waals surface area contributed by atoms with Gasteiger partial charge < -0.3 is 25.7 Å². The van der Waals surface area contributed by atoms with Crippen molar-refractivity contribution in [3.05, 3.63) is 46.6 Å². The summed E-state index contributed by atoms with van der Waals surface area (Å²) in [5, 5.41) is 23.2. The summed E-state index contributed by atoms with van der Waals surface area (Å²) in [6.07, 6.45) is -1.03. The molecule has 0 saturated carbocycles. The number of aliphatic carboxylic acids is 1. The van der Waals surface area contributed by atoms with Crippen molar-refractivity contribution in [2.24, 2.45) is 10.9 Å². The maximum absolute atomic E-state index is 13.0. The van der Waals surface area contributed by atoms with E-state index >= 15 is 0 Å². The second-order valence-corrected chi connectivity index (χ2v) is 10.3. The molecule has 0 bridgehead atoms. The number of nitrogens with one attached hydrogen (secondary N) is 1. The van der Waals surface area contributed by atoms with Crippen molar-refractivity contribution in [3.63, 3.8) is 0 Å². The summed E-state index contributed by atoms with van der Waals surface area (Å²) in [6.45, 7) is 0. The monoisotopic (exact) mass is 550 g/mol. The number of rotatable bonds is 9. The van der Waals surface area contributed by atoms with Gasteiger partial charge in [0, 0.05) is 17.1 Å². The third kappa shape index (κ3) is 5.29. The molecule has 4 N–H and O–H groups in total. The number of nitrogens with zero attached hydrogens (tertiary/aromatic N) is 4. The van der Waals surface area contributed by atoms with Gasteiger partial charge in [0.25, 0.3) is 11.8 Å². The van der Waals surface area contributed by atoms with E-state index in [4.69, 9.17) is 15.3 Å². The minimum absolute atomic E-state index is 0.0838. The lowest BCUT2D eigenvalue weighted by Crippen LogP contribution is -2.71. The molecule has 36 heavy (non-hydrogen) atoms. The number of carboxylic acids is 1. The Bertz CT molecular complexity index is 1270. The molecule has 1 saturated heterocycles. The molecule has 4 rings (SSSR count). The van der Waals surface area contributed by atoms with Crippen molar-refractivity contribution >= 4 is 64.4 Å². The van der Waals surface area contributed by atoms with Gasteiger partial charge in [-0.2, -0.15) is 0 Å². The Morgan fingerprint density at radius 2 is 2.19 bits per heavy atom. The van der Waals surface area contributed by atoms with E-state index in [9.17, 15) is 24.3 Å². The molecule has 16 heteroatoms. The van der Waals surface area contributed by atoms with Crippen LogP contribution >= 0.6 is 34.9 Å². The molecule has 0 spiro atoms. The van der Waals surface area contributed by atoms with Crippen molar-refractivity contribution in [1.29, 1.82) is 0 Å². The van der Waals surface area contributed by atoms with Gasteiger partial charge in [0.15, 0.2) is 10.1 Å². The number of β-lactam (4-membered cyclic amide) rings is 1. The van der Waals surface area contributed by atoms with Gasteiger partial charge in [-0.15, -0.1) is 22.0 Å². The molecule has 1 aromatic carbocycles. The Kier molecular flexibility index (Phi) is 7.76. The number of oxime groups is 1. The number of hydrogen-bond acceptors (Lipinski definition) is 12. The minimum Gasteiger partial charge on any atom is -0.477 e. The summed E-state index contributed by atoms with van der Waals surface area (Å²) >= 11 is 4.02. The molecule has 2 aliphatic rings. The first-order chi connectivity index (χ1) is 17.3. The summed E-state index contributed by atoms with van der Waals surface area (Å²) in [5.74, 6) is -1.73. The van der Waals surface area contributed by atoms with Crippen molar-refractivity contribution in [2.75, 3.05) is 18.6 Å². The van der Waals surface area contributed by atoms with Gasteiger partial charge in [0.05, 0.1) is 0 Å². The van der Waals surface area contributed by atoms with Crippen LogP contribution in [0.5, 0.6) is 5.75 Å². The summed E-state index contributed by atoms with van der Waals surface area (Å²) in [4.78, 5) is 55.0. The fourth-order valence-electron chi connectivity index (χ4n) is 3.52. The standard InChI is InChI=1S/C20H18N6O7S3/c1-32-25-12(9-3-2-4-11(5-9)33-19(21)31)15(27)23-13-16(28)26-14(18(29)30)10(6-34-17(13)26)7-35-20-24-22-8-36-20/h2-5,8,13,17H,6-7H2,1H3,(H2,21,31)(H,23,27)(H,29,30)/t13?,17-/m1/s1. The van der Waals surface area contributed by atoms with Gasteiger partial charge in [-0.05, 0) is 17.7 Å². The predicted octanol–water partition coefficient (Wildman–Crippen LogP) is 0.877. The van der Waals surface area contributed by atoms with E-state index in [2.05, 4.69) is 20.7 Å². The number of hydrogen-bond donors (Lipinski definition) is 3. The molecule has 1 aromatic heterocycles. The van der Waals surface area contributed by atoms with Crippen molar-refractivity contribution in [3.8, 4) is 5.75 Å². The number of primary amides is 1. The predicted molar refractivity (Wildman–Crippen MR) is 131 cm³/mol. The van der Waals surface area contributed by atoms with Crippen LogP contribution in [-0.2, 0) is 19.2 Å². The topological polar surface area (TPSA) is 186 Å². The molecule has 13 nitrogen and oxygen atoms in total. The van der Waals surface area contributed by atoms with Crippen LogP contribution in [0.25, 0.3) is 0 Å². The number of carbonyl (C=O) groups excluding carboxylic acids is 3. The zero-order chi connectivity index (χ0) is 25.8. The van der Waals surface area contributed by atoms with Gasteiger partial charge in [0.1, 0.15) is 35.5 Å². The van der Waals surface area contributed by atoms with Gasteiger partial charge in [-0.1, -0.05) is 40.4 Å². The van der Waals surface area contributed by atoms with Crippen LogP contribution in [0.1, 0.15) is 5.56 Å². The molecule has 0 radical (unpaired) electrons. The Labute approximate surface area is 216 Å². The van der Waals surface area contributed by atoms with Crippen molar-refractivity contribution < 1.29 is 33.9 Å². The first-order valence-corrected chi connectivity index (χ1v) is 13.0. The lowest BCUT2D eigenvalue weighted by molar-refractivity contribution is -0.150. The second kappa shape index (κ2) is 11.0. The highest BCUT2D eigenvalue weighted by molar-refractivity contribution is 8.01. The van der Waals surface area contributed by atoms with Crippen LogP contribution in [0.4, 0.5) is 4.79 Å². The molecule has 188 valence electrons. The molecular weight excluding hydrogens is 532 g/mol. The molecule has 3 amide bonds. The average molecular weight is 551 g/mol. The van der Waals surface area contributed by atoms with E-state index in [1.165, 1.54) is 71.1 Å². The number of thioether (sulfide) groups is 2. The molecule has 3 heterocycles. The third-order valence-electron chi connectivity index (χ3n) is 4.97. The maximum atomic E-state index is 13.0. The van der Waals surface area contributed by atoms with Crippen LogP contribution in [0.3, 0.4) is 0 Å². The van der Waals surface area contributed by atoms with Gasteiger partial charge in [-0.3, -0.25) is 14.5 Å². The van der Waals surface area contributed by atoms with E-state index in [0.717, 1.165) is 0 Å². The Balaban J connectivity index is 1.49. The molecule has 2 aliphatic heterocycles. The largest absolute Gasteiger partial charge is 0.477 e. The van der Waals surface area contributed by atoms with Gasteiger partial charge in [0.2, 0.25) is 0 Å². The van der Waals surface area contributed by atoms with Crippen LogP contribution in [0.2, 0.25) is 0 Å². The number of aromatic nitrogens is 2. The van der Waals surface area contributed by atoms with E-state index in [1.807, 2.05) is 0 Å². The molecule has 1 fully saturated rings. The lowest BCUT2D eigenvalue weighted by atomic mass is 10.0. The minimum atomic E-state index is -1.22. The van der Waals surface area contributed by atoms with Gasteiger partial charge >= 0.3 is 12.1 Å². The third-order valence-corrected chi connectivity index (χ3v) is 8.26. The number of nitrogens with two attached hydrogens (primary N) is 1. The maximum Gasteiger partial charge on any atom is 0.409 e. The summed E-state index contributed by atoms with van der Waals surface area (Å²) < 4.78 is 5.52. The van der Waals surface area contributed by atoms with Crippen LogP contribution in [0, 0.1) is 0 Å². The number of carbonyl (C=O) groups is 4. The number of ether oxygens (including phenoxy) is 1. The van der Waals surface area contributed by atoms with E-state index < -0.39 is 35.3 Å². The summed E-state index contributed by atoms with van der Waals surface area (Å²) in [7, 11) is 1.25. The van der Waals surface area contributed by atoms with Crippen molar-refractivity contribution in [1.82, 2.24) is 20.4 Å². The van der Waals surface area contributed by atoms with Crippen LogP contribution in [0.15, 0.2) is 50.5 Å². The van der Waals surface area contributed by atoms with Crippen molar-refractivity contribution in [2.45, 2.75) is 15.8 Å². The quantitative estimate of drug-likeness (QED) is 0.174. The van der Waals surface area contributed by atoms with E-state index in [-0.39, 0.29) is 22.7 Å². The van der Waals surface area contributed by atoms with E-state index in [0.29, 0.717) is 21.4 Å². The molecular formula is C20H18N6O7S3. The highest BCUT2D eigenvalue weighted by atomic mass is 32.2. The second-order valence-electron chi connectivity index (χ2n) is 7.18. The highest BCUT2D eigenvalue weighted by Gasteiger charge is 2.54. The SMILES string of the molecule is CON=C(C(=O)NC1C(=O)N2C(C(=O)O)=C(CSc3nncs3)CS[C@H]12)c1cccc(OC(N)=O)c1. The number of amides is 3. The fraction of sp³-hybridized carbons (Fsp3) is 0.250. The normalized spacial score (nSPS) is 19.3. The van der Waals surface area contributed by atoms with Gasteiger partial charge in [-0.25, -0.2) is 9.59 Å². The Hall–Kier alpha value is -3.63. The molecule has 2 atom stereocenters. The van der Waals surface area contributed by atoms with Crippen LogP contribution < -0.4 is 15.8 Å². The number of fused-ring (bicyclic) bond motifs is 1. The van der Waals surface area contributed by atoms with E-state index in [1.54, 1.807) is 5.51 Å². The van der Waals surface area contributed by atoms with Crippen LogP contribution in [-0.4, -0.2) is 79.8 Å². The Morgan fingerprint density at radius 1 is 1.39 bits per heavy atom. The zero-order valence-corrected chi connectivity index (χ0v) is 20.9. The number of carboxylic acid groups (broad SMARTS) is 1. The smallest absolute Gasteiger partial charge is 0.409 e. The highest BCUT2D eigenvalue weighted by Crippen LogP contribution is 2.41. The number of benzene rings is 1. The summed E-state index contributed by atoms with van der Waals surface area (Å²) in [6, 6.07) is 4.90. The fourth-order valence-corrected chi connectivity index (χ4v) is 6.49. The first-order valence-electron chi connectivity index (χ1n) is 10.1. The lowest BCUT2D eigenvalue weighted by Gasteiger charge is -2.49. The Morgan fingerprint density at radius 3 is 2.86 bits per heavy atom.